The molecule has 0 amide bonds. The van der Waals surface area contributed by atoms with Gasteiger partial charge in [-0.1, -0.05) is 0 Å². The molecule has 0 aromatic carbocycles. The van der Waals surface area contributed by atoms with Crippen molar-refractivity contribution < 1.29 is 22.6 Å². The molecule has 6 nitrogen and oxygen atoms in total. The van der Waals surface area contributed by atoms with Crippen LogP contribution in [-0.4, -0.2) is 46.9 Å². The summed E-state index contributed by atoms with van der Waals surface area (Å²) in [6, 6.07) is 2.83. The Balaban J connectivity index is 2.38. The van der Waals surface area contributed by atoms with Crippen LogP contribution in [0.15, 0.2) is 23.2 Å². The highest BCUT2D eigenvalue weighted by Crippen LogP contribution is 2.23. The molecule has 1 aromatic heterocycles. The van der Waals surface area contributed by atoms with Gasteiger partial charge in [-0.25, -0.2) is 13.4 Å². The fraction of sp³-hybridized carbons (Fsp3) is 0.545. The van der Waals surface area contributed by atoms with E-state index in [0.29, 0.717) is 32.8 Å². The van der Waals surface area contributed by atoms with Gasteiger partial charge in [-0.05, 0) is 12.1 Å². The van der Waals surface area contributed by atoms with Gasteiger partial charge in [0.2, 0.25) is 5.88 Å². The summed E-state index contributed by atoms with van der Waals surface area (Å²) >= 11 is 0. The molecule has 0 bridgehead atoms. The van der Waals surface area contributed by atoms with Gasteiger partial charge in [0, 0.05) is 37.0 Å². The van der Waals surface area contributed by atoms with E-state index in [1.165, 1.54) is 18.3 Å². The summed E-state index contributed by atoms with van der Waals surface area (Å²) in [6.45, 7) is 1.85. The summed E-state index contributed by atoms with van der Waals surface area (Å²) in [4.78, 5) is 3.72. The first-order valence-electron chi connectivity index (χ1n) is 5.65. The Morgan fingerprint density at radius 1 is 1.26 bits per heavy atom. The van der Waals surface area contributed by atoms with Crippen LogP contribution in [0.1, 0.15) is 6.42 Å². The zero-order valence-electron chi connectivity index (χ0n) is 10.5. The van der Waals surface area contributed by atoms with Crippen LogP contribution in [0.4, 0.5) is 0 Å². The monoisotopic (exact) mass is 309 g/mol. The van der Waals surface area contributed by atoms with Gasteiger partial charge in [0.15, 0.2) is 0 Å². The number of methoxy groups -OCH3 is 1. The lowest BCUT2D eigenvalue weighted by Crippen LogP contribution is -2.08. The number of aromatic nitrogens is 1. The number of ether oxygens (including phenoxy) is 3. The van der Waals surface area contributed by atoms with E-state index in [0.717, 1.165) is 0 Å². The average molecular weight is 310 g/mol. The molecular formula is C11H16ClNO5S. The van der Waals surface area contributed by atoms with Crippen molar-refractivity contribution in [2.75, 3.05) is 33.5 Å². The summed E-state index contributed by atoms with van der Waals surface area (Å²) < 4.78 is 37.9. The van der Waals surface area contributed by atoms with E-state index in [9.17, 15) is 8.42 Å². The Labute approximate surface area is 117 Å². The highest BCUT2D eigenvalue weighted by atomic mass is 35.7. The first-order valence-corrected chi connectivity index (χ1v) is 7.96. The maximum Gasteiger partial charge on any atom is 0.266 e. The molecule has 0 saturated heterocycles. The van der Waals surface area contributed by atoms with Crippen molar-refractivity contribution in [1.29, 1.82) is 0 Å². The van der Waals surface area contributed by atoms with Crippen LogP contribution < -0.4 is 4.74 Å². The zero-order chi connectivity index (χ0) is 14.1. The van der Waals surface area contributed by atoms with Gasteiger partial charge < -0.3 is 14.2 Å². The van der Waals surface area contributed by atoms with Gasteiger partial charge in [-0.15, -0.1) is 0 Å². The van der Waals surface area contributed by atoms with Crippen LogP contribution in [-0.2, 0) is 18.5 Å². The molecule has 8 heteroatoms. The van der Waals surface area contributed by atoms with Gasteiger partial charge >= 0.3 is 0 Å². The van der Waals surface area contributed by atoms with Crippen molar-refractivity contribution in [2.24, 2.45) is 0 Å². The quantitative estimate of drug-likeness (QED) is 0.507. The molecular weight excluding hydrogens is 294 g/mol. The van der Waals surface area contributed by atoms with Gasteiger partial charge in [0.1, 0.15) is 4.90 Å². The lowest BCUT2D eigenvalue weighted by molar-refractivity contribution is 0.0640. The fourth-order valence-corrected chi connectivity index (χ4v) is 2.16. The van der Waals surface area contributed by atoms with Crippen LogP contribution in [0.25, 0.3) is 0 Å². The second-order valence-electron chi connectivity index (χ2n) is 3.55. The number of pyridine rings is 1. The van der Waals surface area contributed by atoms with E-state index in [-0.39, 0.29) is 10.8 Å². The van der Waals surface area contributed by atoms with Gasteiger partial charge in [0.25, 0.3) is 9.05 Å². The molecule has 0 aliphatic heterocycles. The Hall–Kier alpha value is -0.890. The Morgan fingerprint density at radius 2 is 2.05 bits per heavy atom. The van der Waals surface area contributed by atoms with Crippen LogP contribution in [0, 0.1) is 0 Å². The largest absolute Gasteiger partial charge is 0.477 e. The van der Waals surface area contributed by atoms with Gasteiger partial charge in [-0.3, -0.25) is 0 Å². The first-order chi connectivity index (χ1) is 9.05. The minimum Gasteiger partial charge on any atom is -0.477 e. The third kappa shape index (κ3) is 6.20. The number of nitrogens with zero attached hydrogens (tertiary/aromatic N) is 1. The number of hydrogen-bond donors (Lipinski definition) is 0. The van der Waals surface area contributed by atoms with Crippen LogP contribution in [0.3, 0.4) is 0 Å². The topological polar surface area (TPSA) is 74.7 Å². The van der Waals surface area contributed by atoms with Gasteiger partial charge in [0.05, 0.1) is 19.8 Å². The Kier molecular flexibility index (Phi) is 7.07. The second-order valence-corrected chi connectivity index (χ2v) is 6.09. The highest BCUT2D eigenvalue weighted by Gasteiger charge is 2.17. The predicted molar refractivity (Wildman–Crippen MR) is 70.1 cm³/mol. The Bertz CT molecular complexity index is 480. The van der Waals surface area contributed by atoms with Crippen molar-refractivity contribution in [3.05, 3.63) is 18.3 Å². The summed E-state index contributed by atoms with van der Waals surface area (Å²) in [5, 5.41) is 0. The third-order valence-corrected chi connectivity index (χ3v) is 3.44. The molecule has 0 unspecified atom stereocenters. The maximum atomic E-state index is 11.3. The standard InChI is InChI=1S/C11H16ClNO5S/c1-16-8-9-17-6-3-7-18-11-10(19(12,14)15)4-2-5-13-11/h2,4-5H,3,6-9H2,1H3. The molecule has 0 fully saturated rings. The molecule has 0 atom stereocenters. The van der Waals surface area contributed by atoms with E-state index in [2.05, 4.69) is 4.98 Å². The van der Waals surface area contributed by atoms with E-state index in [1.54, 1.807) is 7.11 Å². The minimum absolute atomic E-state index is 0.00870. The second kappa shape index (κ2) is 8.31. The molecule has 1 heterocycles. The number of hydrogen-bond acceptors (Lipinski definition) is 6. The Morgan fingerprint density at radius 3 is 2.74 bits per heavy atom. The van der Waals surface area contributed by atoms with Crippen LogP contribution in [0.5, 0.6) is 5.88 Å². The zero-order valence-corrected chi connectivity index (χ0v) is 12.1. The lowest BCUT2D eigenvalue weighted by atomic mass is 10.4. The molecule has 0 aliphatic rings. The number of rotatable bonds is 9. The molecule has 1 aromatic rings. The molecule has 1 rings (SSSR count). The summed E-state index contributed by atoms with van der Waals surface area (Å²) in [5.41, 5.74) is 0. The minimum atomic E-state index is -3.85. The SMILES string of the molecule is COCCOCCCOc1ncccc1S(=O)(=O)Cl. The molecule has 0 radical (unpaired) electrons. The first kappa shape index (κ1) is 16.2. The molecule has 0 saturated carbocycles. The van der Waals surface area contributed by atoms with Crippen molar-refractivity contribution >= 4 is 19.7 Å². The summed E-state index contributed by atoms with van der Waals surface area (Å²) in [6.07, 6.45) is 2.05. The molecule has 19 heavy (non-hydrogen) atoms. The van der Waals surface area contributed by atoms with Crippen molar-refractivity contribution in [1.82, 2.24) is 4.98 Å². The van der Waals surface area contributed by atoms with E-state index in [4.69, 9.17) is 24.9 Å². The molecule has 0 N–H and O–H groups in total. The number of halogens is 1. The third-order valence-electron chi connectivity index (χ3n) is 2.10. The van der Waals surface area contributed by atoms with E-state index >= 15 is 0 Å². The highest BCUT2D eigenvalue weighted by molar-refractivity contribution is 8.13. The molecule has 108 valence electrons. The predicted octanol–water partition coefficient (Wildman–Crippen LogP) is 1.44. The summed E-state index contributed by atoms with van der Waals surface area (Å²) in [7, 11) is 3.02. The lowest BCUT2D eigenvalue weighted by Gasteiger charge is -2.08. The normalized spacial score (nSPS) is 11.5. The van der Waals surface area contributed by atoms with Crippen molar-refractivity contribution in [3.8, 4) is 5.88 Å². The smallest absolute Gasteiger partial charge is 0.266 e. The average Bonchev–Trinajstić information content (AvgIpc) is 2.37. The molecule has 0 aliphatic carbocycles. The van der Waals surface area contributed by atoms with Crippen molar-refractivity contribution in [3.63, 3.8) is 0 Å². The summed E-state index contributed by atoms with van der Waals surface area (Å²) in [5.74, 6) is 0.00870. The van der Waals surface area contributed by atoms with Gasteiger partial charge in [-0.2, -0.15) is 0 Å². The fourth-order valence-electron chi connectivity index (χ4n) is 1.24. The van der Waals surface area contributed by atoms with Crippen molar-refractivity contribution in [2.45, 2.75) is 11.3 Å². The van der Waals surface area contributed by atoms with Crippen LogP contribution >= 0.6 is 10.7 Å². The van der Waals surface area contributed by atoms with Crippen LogP contribution in [0.2, 0.25) is 0 Å². The maximum absolute atomic E-state index is 11.3. The van der Waals surface area contributed by atoms with E-state index < -0.39 is 9.05 Å². The molecule has 0 spiro atoms. The van der Waals surface area contributed by atoms with E-state index in [1.807, 2.05) is 0 Å².